The molecule has 0 fully saturated rings. The van der Waals surface area contributed by atoms with E-state index in [9.17, 15) is 9.59 Å². The predicted octanol–water partition coefficient (Wildman–Crippen LogP) is 6.40. The van der Waals surface area contributed by atoms with Crippen molar-refractivity contribution < 1.29 is 38.8 Å². The summed E-state index contributed by atoms with van der Waals surface area (Å²) in [6.45, 7) is 17.3. The van der Waals surface area contributed by atoms with Crippen molar-refractivity contribution in [1.82, 2.24) is 0 Å². The van der Waals surface area contributed by atoms with Crippen LogP contribution in [-0.2, 0) is 24.5 Å². The van der Waals surface area contributed by atoms with Crippen LogP contribution in [0.2, 0.25) is 0 Å². The Bertz CT molecular complexity index is 1040. The van der Waals surface area contributed by atoms with E-state index in [1.807, 2.05) is 89.1 Å². The normalized spacial score (nSPS) is 12.6. The smallest absolute Gasteiger partial charge is 0.341 e. The number of allylic oxidation sites excluding steroid dienone is 3. The fourth-order valence-corrected chi connectivity index (χ4v) is 3.64. The molecule has 2 aromatic rings. The lowest BCUT2D eigenvalue weighted by Crippen LogP contribution is -2.30. The third kappa shape index (κ3) is 13.8. The molecule has 2 atom stereocenters. The Morgan fingerprint density at radius 1 is 0.902 bits per heavy atom. The molecular weight excluding hydrogens is 524 g/mol. The predicted molar refractivity (Wildman–Crippen MR) is 164 cm³/mol. The van der Waals surface area contributed by atoms with Crippen molar-refractivity contribution in [3.05, 3.63) is 83.6 Å². The van der Waals surface area contributed by atoms with Gasteiger partial charge in [0.05, 0.1) is 6.61 Å². The highest BCUT2D eigenvalue weighted by Gasteiger charge is 2.34. The van der Waals surface area contributed by atoms with Crippen LogP contribution >= 0.6 is 0 Å². The molecule has 2 unspecified atom stereocenters. The summed E-state index contributed by atoms with van der Waals surface area (Å²) in [4.78, 5) is 30.1. The molecule has 0 spiro atoms. The van der Waals surface area contributed by atoms with Crippen molar-refractivity contribution in [3.63, 3.8) is 0 Å². The molecule has 8 nitrogen and oxygen atoms in total. The molecule has 2 N–H and O–H groups in total. The summed E-state index contributed by atoms with van der Waals surface area (Å²) in [6, 6.07) is 15.4. The first-order valence-corrected chi connectivity index (χ1v) is 13.8. The van der Waals surface area contributed by atoms with Gasteiger partial charge in [0.15, 0.2) is 12.4 Å². The molecule has 2 rings (SSSR count). The maximum atomic E-state index is 11.2. The van der Waals surface area contributed by atoms with Crippen LogP contribution in [-0.4, -0.2) is 55.2 Å². The molecule has 0 amide bonds. The lowest BCUT2D eigenvalue weighted by atomic mass is 9.67. The van der Waals surface area contributed by atoms with Crippen molar-refractivity contribution in [1.29, 1.82) is 0 Å². The molecule has 0 saturated heterocycles. The van der Waals surface area contributed by atoms with E-state index in [-0.39, 0.29) is 31.5 Å². The second-order valence-electron chi connectivity index (χ2n) is 8.34. The number of benzene rings is 2. The van der Waals surface area contributed by atoms with Gasteiger partial charge in [-0.25, -0.2) is 4.79 Å². The second kappa shape index (κ2) is 22.9. The fourth-order valence-electron chi connectivity index (χ4n) is 3.64. The number of aliphatic carboxylic acids is 1. The van der Waals surface area contributed by atoms with Crippen molar-refractivity contribution in [2.75, 3.05) is 26.4 Å². The van der Waals surface area contributed by atoms with Gasteiger partial charge in [-0.1, -0.05) is 71.9 Å². The summed E-state index contributed by atoms with van der Waals surface area (Å²) >= 11 is 0. The zero-order chi connectivity index (χ0) is 31.8. The highest BCUT2D eigenvalue weighted by atomic mass is 16.5. The van der Waals surface area contributed by atoms with Crippen molar-refractivity contribution in [2.45, 2.75) is 60.8 Å². The van der Waals surface area contributed by atoms with Crippen LogP contribution in [0, 0.1) is 5.92 Å². The molecule has 41 heavy (non-hydrogen) atoms. The van der Waals surface area contributed by atoms with Gasteiger partial charge in [-0.05, 0) is 67.3 Å². The monoisotopic (exact) mass is 572 g/mol. The van der Waals surface area contributed by atoms with Gasteiger partial charge >= 0.3 is 5.97 Å². The molecule has 0 aliphatic heterocycles. The van der Waals surface area contributed by atoms with E-state index < -0.39 is 18.0 Å². The molecular formula is C33H48O8. The van der Waals surface area contributed by atoms with Gasteiger partial charge in [-0.3, -0.25) is 4.79 Å². The summed E-state index contributed by atoms with van der Waals surface area (Å²) < 4.78 is 16.4. The lowest BCUT2D eigenvalue weighted by Gasteiger charge is -2.36. The van der Waals surface area contributed by atoms with E-state index in [4.69, 9.17) is 29.2 Å². The van der Waals surface area contributed by atoms with Crippen LogP contribution in [0.5, 0.6) is 11.5 Å². The Labute approximate surface area is 245 Å². The Kier molecular flexibility index (Phi) is 21.9. The van der Waals surface area contributed by atoms with Crippen molar-refractivity contribution in [3.8, 4) is 11.5 Å². The first kappa shape index (κ1) is 39.2. The van der Waals surface area contributed by atoms with Gasteiger partial charge in [-0.15, -0.1) is 0 Å². The molecule has 2 aromatic carbocycles. The number of aliphatic hydroxyl groups is 1. The number of carbonyl (C=O) groups excluding carboxylic acids is 2. The van der Waals surface area contributed by atoms with Gasteiger partial charge in [0.25, 0.3) is 0 Å². The van der Waals surface area contributed by atoms with Crippen LogP contribution < -0.4 is 9.47 Å². The molecule has 0 aliphatic carbocycles. The molecule has 228 valence electrons. The van der Waals surface area contributed by atoms with Crippen LogP contribution in [0.3, 0.4) is 0 Å². The van der Waals surface area contributed by atoms with E-state index in [0.29, 0.717) is 17.3 Å². The SMILES string of the molecule is C/C=C(\C=C/C(C)C(C)(c1ccc(OCCO)cc1)c1ccc(OCC(C)=O)cc1)OCC(=O)O.C=O.CC.CC. The Morgan fingerprint density at radius 3 is 1.76 bits per heavy atom. The summed E-state index contributed by atoms with van der Waals surface area (Å²) in [5.74, 6) is 0.638. The average molecular weight is 573 g/mol. The molecule has 0 heterocycles. The number of hydrogen-bond acceptors (Lipinski definition) is 7. The van der Waals surface area contributed by atoms with E-state index in [1.54, 1.807) is 19.1 Å². The number of ketones is 1. The van der Waals surface area contributed by atoms with E-state index in [1.165, 1.54) is 6.92 Å². The molecule has 0 aliphatic rings. The van der Waals surface area contributed by atoms with Gasteiger partial charge < -0.3 is 29.2 Å². The Morgan fingerprint density at radius 2 is 1.37 bits per heavy atom. The van der Waals surface area contributed by atoms with Crippen molar-refractivity contribution in [2.24, 2.45) is 5.92 Å². The van der Waals surface area contributed by atoms with E-state index in [2.05, 4.69) is 13.8 Å². The minimum Gasteiger partial charge on any atom is -0.491 e. The van der Waals surface area contributed by atoms with Crippen LogP contribution in [0.4, 0.5) is 0 Å². The Balaban J connectivity index is 0. The summed E-state index contributed by atoms with van der Waals surface area (Å²) in [5.41, 5.74) is 1.59. The molecule has 0 saturated carbocycles. The highest BCUT2D eigenvalue weighted by molar-refractivity contribution is 5.77. The van der Waals surface area contributed by atoms with Crippen LogP contribution in [0.25, 0.3) is 0 Å². The van der Waals surface area contributed by atoms with E-state index in [0.717, 1.165) is 11.1 Å². The number of carboxylic acid groups (broad SMARTS) is 1. The second-order valence-corrected chi connectivity index (χ2v) is 8.34. The average Bonchev–Trinajstić information content (AvgIpc) is 3.01. The third-order valence-corrected chi connectivity index (χ3v) is 5.82. The number of aliphatic hydroxyl groups excluding tert-OH is 1. The number of hydrogen-bond donors (Lipinski definition) is 2. The summed E-state index contributed by atoms with van der Waals surface area (Å²) in [7, 11) is 0. The third-order valence-electron chi connectivity index (χ3n) is 5.82. The van der Waals surface area contributed by atoms with Crippen LogP contribution in [0.15, 0.2) is 72.5 Å². The van der Waals surface area contributed by atoms with Crippen LogP contribution in [0.1, 0.15) is 66.5 Å². The van der Waals surface area contributed by atoms with Gasteiger partial charge in [0, 0.05) is 5.41 Å². The number of rotatable bonds is 14. The standard InChI is InChI=1S/C28H34O7.2C2H6.CH2O/c1-5-24(35-19-27(31)32)11-6-20(2)28(4,22-7-12-25(13-8-22)33-17-16-29)23-9-14-26(15-10-23)34-18-21(3)30;3*1-2/h5-15,20,29H,16-19H2,1-4H3,(H,31,32);2*1-2H3;1H2/b11-6-,24-5+;;;. The van der Waals surface area contributed by atoms with Crippen molar-refractivity contribution >= 4 is 18.5 Å². The van der Waals surface area contributed by atoms with E-state index >= 15 is 0 Å². The number of carbonyl (C=O) groups is 3. The number of Topliss-reactive ketones (excluding diaryl/α,β-unsaturated/α-hetero) is 1. The first-order chi connectivity index (χ1) is 19.7. The van der Waals surface area contributed by atoms with Gasteiger partial charge in [-0.2, -0.15) is 0 Å². The molecule has 0 bridgehead atoms. The lowest BCUT2D eigenvalue weighted by molar-refractivity contribution is -0.140. The molecule has 0 aromatic heterocycles. The summed E-state index contributed by atoms with van der Waals surface area (Å²) in [5, 5.41) is 17.9. The van der Waals surface area contributed by atoms with Gasteiger partial charge in [0.1, 0.15) is 37.3 Å². The maximum Gasteiger partial charge on any atom is 0.341 e. The topological polar surface area (TPSA) is 119 Å². The first-order valence-electron chi connectivity index (χ1n) is 13.8. The minimum absolute atomic E-state index is 0.0214. The zero-order valence-corrected chi connectivity index (χ0v) is 25.8. The minimum atomic E-state index is -1.04. The number of ether oxygens (including phenoxy) is 3. The van der Waals surface area contributed by atoms with Gasteiger partial charge in [0.2, 0.25) is 0 Å². The largest absolute Gasteiger partial charge is 0.491 e. The quantitative estimate of drug-likeness (QED) is 0.197. The fraction of sp³-hybridized carbons (Fsp3) is 0.424. The maximum absolute atomic E-state index is 11.2. The number of carboxylic acids is 1. The molecule has 0 radical (unpaired) electrons. The summed E-state index contributed by atoms with van der Waals surface area (Å²) in [6.07, 6.45) is 5.50. The zero-order valence-electron chi connectivity index (χ0n) is 25.8. The molecule has 8 heteroatoms. The highest BCUT2D eigenvalue weighted by Crippen LogP contribution is 2.41. The Hall–Kier alpha value is -3.91.